The molecule has 0 bridgehead atoms. The van der Waals surface area contributed by atoms with Crippen LogP contribution in [0.1, 0.15) is 31.1 Å². The highest BCUT2D eigenvalue weighted by Gasteiger charge is 2.20. The number of aliphatic hydroxyl groups excluding tert-OH is 1. The maximum atomic E-state index is 10.0. The number of aliphatic hydroxyl groups is 1. The van der Waals surface area contributed by atoms with E-state index in [1.54, 1.807) is 10.9 Å². The van der Waals surface area contributed by atoms with Gasteiger partial charge in [-0.05, 0) is 36.7 Å². The first-order chi connectivity index (χ1) is 7.27. The molecule has 1 atom stereocenters. The van der Waals surface area contributed by atoms with Crippen LogP contribution in [-0.2, 0) is 7.05 Å². The maximum absolute atomic E-state index is 10.0. The molecule has 0 aromatic carbocycles. The molecule has 15 heavy (non-hydrogen) atoms. The Morgan fingerprint density at radius 1 is 1.60 bits per heavy atom. The van der Waals surface area contributed by atoms with Gasteiger partial charge in [-0.3, -0.25) is 0 Å². The number of rotatable bonds is 3. The van der Waals surface area contributed by atoms with E-state index in [0.717, 1.165) is 12.1 Å². The van der Waals surface area contributed by atoms with Gasteiger partial charge in [-0.15, -0.1) is 5.10 Å². The fraction of sp³-hybridized carbons (Fsp3) is 0.800. The van der Waals surface area contributed by atoms with Crippen molar-refractivity contribution in [1.29, 1.82) is 0 Å². The molecule has 0 spiro atoms. The highest BCUT2D eigenvalue weighted by Crippen LogP contribution is 2.30. The second-order valence-corrected chi connectivity index (χ2v) is 5.31. The zero-order valence-electron chi connectivity index (χ0n) is 8.96. The first-order valence-corrected chi connectivity index (χ1v) is 6.53. The fourth-order valence-corrected chi connectivity index (χ4v) is 3.22. The predicted octanol–water partition coefficient (Wildman–Crippen LogP) is 1.38. The van der Waals surface area contributed by atoms with Gasteiger partial charge in [-0.1, -0.05) is 5.21 Å². The van der Waals surface area contributed by atoms with Gasteiger partial charge < -0.3 is 5.11 Å². The van der Waals surface area contributed by atoms with E-state index in [4.69, 9.17) is 0 Å². The Bertz CT molecular complexity index is 309. The summed E-state index contributed by atoms with van der Waals surface area (Å²) in [5, 5.41) is 17.7. The van der Waals surface area contributed by atoms with Gasteiger partial charge in [0.25, 0.3) is 0 Å². The molecule has 84 valence electrons. The Morgan fingerprint density at radius 2 is 2.33 bits per heavy atom. The van der Waals surface area contributed by atoms with E-state index in [9.17, 15) is 5.11 Å². The van der Waals surface area contributed by atoms with Crippen LogP contribution in [0.25, 0.3) is 0 Å². The van der Waals surface area contributed by atoms with Crippen molar-refractivity contribution in [3.63, 3.8) is 0 Å². The summed E-state index contributed by atoms with van der Waals surface area (Å²) >= 11 is 2.01. The fourth-order valence-electron chi connectivity index (χ4n) is 2.02. The standard InChI is InChI=1S/C10H17N3OS/c1-13-9(7-11-12-13)10(14)6-8-2-4-15-5-3-8/h7-8,10,14H,2-6H2,1H3. The summed E-state index contributed by atoms with van der Waals surface area (Å²) in [5.41, 5.74) is 0.827. The second-order valence-electron chi connectivity index (χ2n) is 4.09. The summed E-state index contributed by atoms with van der Waals surface area (Å²) in [6, 6.07) is 0. The van der Waals surface area contributed by atoms with Crippen molar-refractivity contribution in [2.45, 2.75) is 25.4 Å². The molecule has 0 amide bonds. The van der Waals surface area contributed by atoms with Crippen LogP contribution in [0.3, 0.4) is 0 Å². The predicted molar refractivity (Wildman–Crippen MR) is 60.6 cm³/mol. The van der Waals surface area contributed by atoms with Gasteiger partial charge >= 0.3 is 0 Å². The highest BCUT2D eigenvalue weighted by molar-refractivity contribution is 7.99. The SMILES string of the molecule is Cn1nncc1C(O)CC1CCSCC1. The number of nitrogens with zero attached hydrogens (tertiary/aromatic N) is 3. The quantitative estimate of drug-likeness (QED) is 0.847. The molecule has 1 fully saturated rings. The van der Waals surface area contributed by atoms with Crippen LogP contribution in [0.5, 0.6) is 0 Å². The molecule has 1 aliphatic heterocycles. The Kier molecular flexibility index (Phi) is 3.64. The molecule has 1 saturated heterocycles. The molecule has 1 aromatic rings. The molecule has 2 rings (SSSR count). The van der Waals surface area contributed by atoms with E-state index in [0.29, 0.717) is 5.92 Å². The van der Waals surface area contributed by atoms with Crippen molar-refractivity contribution >= 4 is 11.8 Å². The summed E-state index contributed by atoms with van der Waals surface area (Å²) in [7, 11) is 1.82. The molecule has 4 nitrogen and oxygen atoms in total. The summed E-state index contributed by atoms with van der Waals surface area (Å²) in [6.07, 6.45) is 4.56. The average Bonchev–Trinajstić information content (AvgIpc) is 2.66. The van der Waals surface area contributed by atoms with Crippen molar-refractivity contribution < 1.29 is 5.11 Å². The van der Waals surface area contributed by atoms with Crippen LogP contribution in [0.2, 0.25) is 0 Å². The van der Waals surface area contributed by atoms with Crippen molar-refractivity contribution in [1.82, 2.24) is 15.0 Å². The monoisotopic (exact) mass is 227 g/mol. The Hall–Kier alpha value is -0.550. The summed E-state index contributed by atoms with van der Waals surface area (Å²) < 4.78 is 1.66. The van der Waals surface area contributed by atoms with E-state index in [1.807, 2.05) is 18.8 Å². The lowest BCUT2D eigenvalue weighted by Gasteiger charge is -2.23. The number of hydrogen-bond acceptors (Lipinski definition) is 4. The van der Waals surface area contributed by atoms with Crippen LogP contribution >= 0.6 is 11.8 Å². The topological polar surface area (TPSA) is 50.9 Å². The molecule has 0 radical (unpaired) electrons. The summed E-state index contributed by atoms with van der Waals surface area (Å²) in [5.74, 6) is 3.14. The van der Waals surface area contributed by atoms with E-state index in [1.165, 1.54) is 24.3 Å². The molecule has 1 N–H and O–H groups in total. The maximum Gasteiger partial charge on any atom is 0.0975 e. The Labute approximate surface area is 94.1 Å². The van der Waals surface area contributed by atoms with Crippen molar-refractivity contribution in [2.75, 3.05) is 11.5 Å². The van der Waals surface area contributed by atoms with Crippen molar-refractivity contribution in [3.05, 3.63) is 11.9 Å². The van der Waals surface area contributed by atoms with Gasteiger partial charge in [0.2, 0.25) is 0 Å². The average molecular weight is 227 g/mol. The van der Waals surface area contributed by atoms with E-state index in [-0.39, 0.29) is 0 Å². The molecule has 1 aromatic heterocycles. The third kappa shape index (κ3) is 2.72. The first-order valence-electron chi connectivity index (χ1n) is 5.37. The number of hydrogen-bond donors (Lipinski definition) is 1. The van der Waals surface area contributed by atoms with E-state index < -0.39 is 6.10 Å². The Morgan fingerprint density at radius 3 is 2.93 bits per heavy atom. The van der Waals surface area contributed by atoms with Crippen LogP contribution in [0, 0.1) is 5.92 Å². The van der Waals surface area contributed by atoms with Gasteiger partial charge in [0.15, 0.2) is 0 Å². The van der Waals surface area contributed by atoms with Crippen LogP contribution in [0.4, 0.5) is 0 Å². The van der Waals surface area contributed by atoms with Gasteiger partial charge in [-0.25, -0.2) is 4.68 Å². The van der Waals surface area contributed by atoms with E-state index >= 15 is 0 Å². The lowest BCUT2D eigenvalue weighted by atomic mass is 9.94. The lowest BCUT2D eigenvalue weighted by Crippen LogP contribution is -2.15. The summed E-state index contributed by atoms with van der Waals surface area (Å²) in [4.78, 5) is 0. The third-order valence-corrected chi connectivity index (χ3v) is 4.04. The molecule has 1 aliphatic rings. The van der Waals surface area contributed by atoms with Gasteiger partial charge in [0.1, 0.15) is 0 Å². The normalized spacial score (nSPS) is 20.4. The smallest absolute Gasteiger partial charge is 0.0975 e. The summed E-state index contributed by atoms with van der Waals surface area (Å²) in [6.45, 7) is 0. The van der Waals surface area contributed by atoms with Gasteiger partial charge in [0.05, 0.1) is 18.0 Å². The third-order valence-electron chi connectivity index (χ3n) is 2.99. The second kappa shape index (κ2) is 4.99. The largest absolute Gasteiger partial charge is 0.387 e. The van der Waals surface area contributed by atoms with Crippen LogP contribution in [0.15, 0.2) is 6.20 Å². The van der Waals surface area contributed by atoms with Crippen molar-refractivity contribution in [2.24, 2.45) is 13.0 Å². The molecule has 2 heterocycles. The number of thioether (sulfide) groups is 1. The lowest BCUT2D eigenvalue weighted by molar-refractivity contribution is 0.132. The zero-order chi connectivity index (χ0) is 10.7. The van der Waals surface area contributed by atoms with Crippen LogP contribution < -0.4 is 0 Å². The molecule has 1 unspecified atom stereocenters. The number of aromatic nitrogens is 3. The van der Waals surface area contributed by atoms with E-state index in [2.05, 4.69) is 10.3 Å². The first kappa shape index (κ1) is 11.0. The van der Waals surface area contributed by atoms with Gasteiger partial charge in [0, 0.05) is 7.05 Å². The minimum atomic E-state index is -0.405. The van der Waals surface area contributed by atoms with Crippen LogP contribution in [-0.4, -0.2) is 31.6 Å². The molecule has 0 aliphatic carbocycles. The molecular formula is C10H17N3OS. The molecule has 0 saturated carbocycles. The zero-order valence-corrected chi connectivity index (χ0v) is 9.78. The molecule has 5 heteroatoms. The van der Waals surface area contributed by atoms with Gasteiger partial charge in [-0.2, -0.15) is 11.8 Å². The Balaban J connectivity index is 1.91. The highest BCUT2D eigenvalue weighted by atomic mass is 32.2. The molecular weight excluding hydrogens is 210 g/mol. The minimum Gasteiger partial charge on any atom is -0.387 e. The minimum absolute atomic E-state index is 0.405. The number of aryl methyl sites for hydroxylation is 1. The van der Waals surface area contributed by atoms with Crippen molar-refractivity contribution in [3.8, 4) is 0 Å².